The molecule has 0 aromatic carbocycles. The van der Waals surface area contributed by atoms with Crippen LogP contribution in [-0.4, -0.2) is 12.3 Å². The molecule has 0 fully saturated rings. The van der Waals surface area contributed by atoms with Gasteiger partial charge in [0.25, 0.3) is 0 Å². The number of hydrogen-bond donors (Lipinski definition) is 0. The highest BCUT2D eigenvalue weighted by atomic mass is 127. The summed E-state index contributed by atoms with van der Waals surface area (Å²) < 4.78 is 61.1. The molecule has 0 amide bonds. The number of alkyl halides is 2. The molecule has 0 aliphatic heterocycles. The van der Waals surface area contributed by atoms with E-state index in [2.05, 4.69) is 0 Å². The molecule has 0 spiro atoms. The number of rotatable bonds is 0. The minimum atomic E-state index is -2.73. The Bertz CT molecular complexity index is 241. The number of allylic oxidation sites excluding steroid dienone is 4. The molecule has 0 N–H and O–H groups in total. The molecule has 0 nitrogen and oxygen atoms in total. The van der Waals surface area contributed by atoms with Crippen LogP contribution in [0, 0.1) is 0 Å². The molecule has 0 bridgehead atoms. The van der Waals surface area contributed by atoms with Crippen molar-refractivity contribution >= 4 is 22.6 Å². The van der Waals surface area contributed by atoms with Gasteiger partial charge in [0, 0.05) is 0 Å². The molecule has 1 rings (SSSR count). The Morgan fingerprint density at radius 3 is 1.92 bits per heavy atom. The highest BCUT2D eigenvalue weighted by Crippen LogP contribution is 2.39. The Hall–Kier alpha value is -0.140. The molecule has 0 saturated carbocycles. The fourth-order valence-corrected chi connectivity index (χ4v) is 1.26. The van der Waals surface area contributed by atoms with Gasteiger partial charge < -0.3 is 0 Å². The lowest BCUT2D eigenvalue weighted by atomic mass is 10.1. The molecule has 0 saturated heterocycles. The van der Waals surface area contributed by atoms with E-state index in [1.54, 1.807) is 0 Å². The third-order valence-electron chi connectivity index (χ3n) is 1.35. The molecular weight excluding hydrogens is 294 g/mol. The number of hydrogen-bond acceptors (Lipinski definition) is 0. The summed E-state index contributed by atoms with van der Waals surface area (Å²) in [4.78, 5) is 0. The van der Waals surface area contributed by atoms with Gasteiger partial charge in [-0.1, -0.05) is 0 Å². The van der Waals surface area contributed by atoms with Crippen molar-refractivity contribution in [2.75, 3.05) is 0 Å². The Balaban J connectivity index is 3.18. The summed E-state index contributed by atoms with van der Waals surface area (Å²) in [5, 5.41) is 0. The van der Waals surface area contributed by atoms with Crippen LogP contribution in [0.15, 0.2) is 21.1 Å². The Labute approximate surface area is 78.3 Å². The molecule has 2 atom stereocenters. The topological polar surface area (TPSA) is 0 Å². The summed E-state index contributed by atoms with van der Waals surface area (Å²) in [6, 6.07) is 0. The van der Waals surface area contributed by atoms with Crippen molar-refractivity contribution in [1.29, 1.82) is 0 Å². The van der Waals surface area contributed by atoms with Gasteiger partial charge in [0.15, 0.2) is 29.8 Å². The van der Waals surface area contributed by atoms with E-state index in [4.69, 9.17) is 0 Å². The van der Waals surface area contributed by atoms with Crippen LogP contribution in [-0.2, 0) is 0 Å². The zero-order valence-electron chi connectivity index (χ0n) is 5.42. The zero-order chi connectivity index (χ0) is 9.46. The van der Waals surface area contributed by atoms with Gasteiger partial charge >= 0.3 is 0 Å². The predicted octanol–water partition coefficient (Wildman–Crippen LogP) is 3.44. The molecule has 0 radical (unpaired) electrons. The van der Waals surface area contributed by atoms with Gasteiger partial charge in [0.1, 0.15) is 0 Å². The van der Waals surface area contributed by atoms with Crippen molar-refractivity contribution in [1.82, 2.24) is 0 Å². The first-order valence-corrected chi connectivity index (χ1v) is 3.93. The smallest absolute Gasteiger partial charge is 0.194 e. The van der Waals surface area contributed by atoms with Gasteiger partial charge in [-0.15, -0.1) is 0 Å². The molecule has 6 heteroatoms. The quantitative estimate of drug-likeness (QED) is 0.474. The maximum atomic E-state index is 12.5. The largest absolute Gasteiger partial charge is 0.238 e. The lowest BCUT2D eigenvalue weighted by molar-refractivity contribution is 0.191. The van der Waals surface area contributed by atoms with E-state index >= 15 is 0 Å². The van der Waals surface area contributed by atoms with Crippen LogP contribution < -0.4 is 0 Å². The molecule has 0 aromatic rings. The van der Waals surface area contributed by atoms with Gasteiger partial charge in [-0.2, -0.15) is 0 Å². The van der Waals surface area contributed by atoms with E-state index in [9.17, 15) is 22.0 Å². The standard InChI is InChI=1S/C6H2F5I/c7-1-2(8)4(10)6(12)5(11)3(1)9/h2,4H. The average Bonchev–Trinajstić information content (AvgIpc) is 2.08. The van der Waals surface area contributed by atoms with Crippen molar-refractivity contribution in [3.05, 3.63) is 21.1 Å². The molecule has 1 aliphatic rings. The van der Waals surface area contributed by atoms with Gasteiger partial charge in [-0.25, -0.2) is 22.0 Å². The van der Waals surface area contributed by atoms with E-state index in [0.29, 0.717) is 0 Å². The summed E-state index contributed by atoms with van der Waals surface area (Å²) in [7, 11) is 0. The fourth-order valence-electron chi connectivity index (χ4n) is 0.709. The summed E-state index contributed by atoms with van der Waals surface area (Å²) >= 11 is 1.10. The van der Waals surface area contributed by atoms with Crippen molar-refractivity contribution < 1.29 is 22.0 Å². The van der Waals surface area contributed by atoms with Gasteiger partial charge in [-0.3, -0.25) is 0 Å². The van der Waals surface area contributed by atoms with Crippen LogP contribution in [0.3, 0.4) is 0 Å². The normalized spacial score (nSPS) is 31.5. The van der Waals surface area contributed by atoms with Crippen LogP contribution in [0.1, 0.15) is 0 Å². The summed E-state index contributed by atoms with van der Waals surface area (Å²) in [6.07, 6.45) is -5.17. The van der Waals surface area contributed by atoms with E-state index in [-0.39, 0.29) is 0 Å². The maximum Gasteiger partial charge on any atom is 0.194 e. The lowest BCUT2D eigenvalue weighted by Crippen LogP contribution is -2.23. The van der Waals surface area contributed by atoms with Gasteiger partial charge in [0.2, 0.25) is 0 Å². The van der Waals surface area contributed by atoms with E-state index in [1.165, 1.54) is 0 Å². The molecule has 1 aliphatic carbocycles. The average molecular weight is 296 g/mol. The van der Waals surface area contributed by atoms with Crippen LogP contribution >= 0.6 is 22.6 Å². The van der Waals surface area contributed by atoms with Crippen LogP contribution in [0.4, 0.5) is 22.0 Å². The van der Waals surface area contributed by atoms with Crippen molar-refractivity contribution in [2.24, 2.45) is 0 Å². The van der Waals surface area contributed by atoms with E-state index in [1.807, 2.05) is 0 Å². The molecule has 0 aromatic heterocycles. The SMILES string of the molecule is FC1=C(F)C(F)C(F)C(I)=C1F. The Morgan fingerprint density at radius 1 is 0.917 bits per heavy atom. The highest BCUT2D eigenvalue weighted by Gasteiger charge is 2.38. The fraction of sp³-hybridized carbons (Fsp3) is 0.333. The van der Waals surface area contributed by atoms with Crippen LogP contribution in [0.2, 0.25) is 0 Å². The molecule has 68 valence electrons. The minimum Gasteiger partial charge on any atom is -0.238 e. The third kappa shape index (κ3) is 1.36. The summed E-state index contributed by atoms with van der Waals surface area (Å²) in [5.74, 6) is -5.62. The molecule has 12 heavy (non-hydrogen) atoms. The van der Waals surface area contributed by atoms with Crippen LogP contribution in [0.5, 0.6) is 0 Å². The van der Waals surface area contributed by atoms with Gasteiger partial charge in [-0.05, 0) is 22.6 Å². The van der Waals surface area contributed by atoms with E-state index in [0.717, 1.165) is 22.6 Å². The monoisotopic (exact) mass is 296 g/mol. The summed E-state index contributed by atoms with van der Waals surface area (Å²) in [6.45, 7) is 0. The lowest BCUT2D eigenvalue weighted by Gasteiger charge is -2.17. The number of halogens is 6. The Kier molecular flexibility index (Phi) is 2.74. The Morgan fingerprint density at radius 2 is 1.42 bits per heavy atom. The second-order valence-corrected chi connectivity index (χ2v) is 3.29. The predicted molar refractivity (Wildman–Crippen MR) is 41.2 cm³/mol. The first-order chi connectivity index (χ1) is 5.46. The van der Waals surface area contributed by atoms with Crippen molar-refractivity contribution in [3.8, 4) is 0 Å². The molecular formula is C6H2F5I. The maximum absolute atomic E-state index is 12.5. The molecule has 0 heterocycles. The van der Waals surface area contributed by atoms with Crippen molar-refractivity contribution in [3.63, 3.8) is 0 Å². The highest BCUT2D eigenvalue weighted by molar-refractivity contribution is 14.1. The second kappa shape index (κ2) is 3.31. The third-order valence-corrected chi connectivity index (χ3v) is 2.42. The van der Waals surface area contributed by atoms with Gasteiger partial charge in [0.05, 0.1) is 3.58 Å². The second-order valence-electron chi connectivity index (χ2n) is 2.13. The first kappa shape index (κ1) is 9.94. The zero-order valence-corrected chi connectivity index (χ0v) is 7.58. The minimum absolute atomic E-state index is 0.779. The van der Waals surface area contributed by atoms with Crippen LogP contribution in [0.25, 0.3) is 0 Å². The summed E-state index contributed by atoms with van der Waals surface area (Å²) in [5.41, 5.74) is 0. The van der Waals surface area contributed by atoms with Crippen molar-refractivity contribution in [2.45, 2.75) is 12.3 Å². The van der Waals surface area contributed by atoms with E-state index < -0.39 is 33.4 Å². The first-order valence-electron chi connectivity index (χ1n) is 2.85. The molecule has 2 unspecified atom stereocenters.